The molecule has 1 aromatic carbocycles. The number of aryl methyl sites for hydroxylation is 1. The average Bonchev–Trinajstić information content (AvgIpc) is 3.19. The molecular formula is C21H27N5O2. The van der Waals surface area contributed by atoms with Gasteiger partial charge in [-0.05, 0) is 42.9 Å². The zero-order valence-corrected chi connectivity index (χ0v) is 16.1. The van der Waals surface area contributed by atoms with Crippen LogP contribution in [0, 0.1) is 11.8 Å². The Bertz CT molecular complexity index is 845. The number of anilines is 1. The van der Waals surface area contributed by atoms with Gasteiger partial charge in [0.25, 0.3) is 5.91 Å². The van der Waals surface area contributed by atoms with Crippen molar-refractivity contribution in [2.24, 2.45) is 11.8 Å². The minimum atomic E-state index is -0.162. The Morgan fingerprint density at radius 3 is 2.82 bits per heavy atom. The molecule has 4 rings (SSSR count). The maximum atomic E-state index is 12.4. The Labute approximate surface area is 164 Å². The van der Waals surface area contributed by atoms with E-state index in [0.29, 0.717) is 11.5 Å². The zero-order chi connectivity index (χ0) is 19.5. The van der Waals surface area contributed by atoms with Gasteiger partial charge in [-0.1, -0.05) is 31.9 Å². The molecule has 2 heterocycles. The Balaban J connectivity index is 1.43. The van der Waals surface area contributed by atoms with Gasteiger partial charge >= 0.3 is 0 Å². The number of hydrazine groups is 1. The lowest BCUT2D eigenvalue weighted by atomic mass is 9.72. The second kappa shape index (κ2) is 8.14. The summed E-state index contributed by atoms with van der Waals surface area (Å²) in [6.45, 7) is 2.88. The van der Waals surface area contributed by atoms with Crippen LogP contribution in [0.3, 0.4) is 0 Å². The number of hydrogen-bond donors (Lipinski definition) is 3. The lowest BCUT2D eigenvalue weighted by Crippen LogP contribution is -2.55. The molecule has 3 unspecified atom stereocenters. The van der Waals surface area contributed by atoms with Gasteiger partial charge in [0.2, 0.25) is 5.91 Å². The van der Waals surface area contributed by atoms with E-state index in [2.05, 4.69) is 28.2 Å². The van der Waals surface area contributed by atoms with Gasteiger partial charge in [0.1, 0.15) is 0 Å². The molecule has 0 spiro atoms. The van der Waals surface area contributed by atoms with Gasteiger partial charge in [-0.3, -0.25) is 19.7 Å². The quantitative estimate of drug-likeness (QED) is 0.743. The van der Waals surface area contributed by atoms with Crippen LogP contribution in [-0.4, -0.2) is 21.6 Å². The maximum absolute atomic E-state index is 12.4. The molecule has 1 aliphatic carbocycles. The first kappa shape index (κ1) is 18.7. The van der Waals surface area contributed by atoms with Gasteiger partial charge in [-0.25, -0.2) is 5.43 Å². The van der Waals surface area contributed by atoms with Crippen LogP contribution in [-0.2, 0) is 11.3 Å². The number of nitrogens with zero attached hydrogens (tertiary/aromatic N) is 2. The number of amides is 2. The predicted octanol–water partition coefficient (Wildman–Crippen LogP) is 3.03. The minimum absolute atomic E-state index is 0.0963. The predicted molar refractivity (Wildman–Crippen MR) is 106 cm³/mol. The number of rotatable bonds is 5. The molecule has 1 aliphatic heterocycles. The molecule has 7 nitrogen and oxygen atoms in total. The first-order chi connectivity index (χ1) is 13.7. The highest BCUT2D eigenvalue weighted by molar-refractivity contribution is 6.03. The average molecular weight is 381 g/mol. The van der Waals surface area contributed by atoms with Crippen molar-refractivity contribution >= 4 is 17.5 Å². The molecule has 2 fully saturated rings. The van der Waals surface area contributed by atoms with Crippen molar-refractivity contribution in [3.8, 4) is 0 Å². The van der Waals surface area contributed by atoms with E-state index in [9.17, 15) is 9.59 Å². The molecule has 148 valence electrons. The molecule has 2 aliphatic rings. The van der Waals surface area contributed by atoms with Crippen molar-refractivity contribution in [1.29, 1.82) is 0 Å². The van der Waals surface area contributed by atoms with E-state index in [1.54, 1.807) is 17.1 Å². The zero-order valence-electron chi connectivity index (χ0n) is 16.1. The van der Waals surface area contributed by atoms with E-state index in [1.165, 1.54) is 6.42 Å². The van der Waals surface area contributed by atoms with Gasteiger partial charge in [-0.2, -0.15) is 5.10 Å². The first-order valence-corrected chi connectivity index (χ1v) is 10.1. The van der Waals surface area contributed by atoms with Crippen LogP contribution >= 0.6 is 0 Å². The summed E-state index contributed by atoms with van der Waals surface area (Å²) >= 11 is 0. The van der Waals surface area contributed by atoms with E-state index in [1.807, 2.05) is 24.3 Å². The number of hydrogen-bond acceptors (Lipinski definition) is 4. The molecular weight excluding hydrogens is 354 g/mol. The second-order valence-corrected chi connectivity index (χ2v) is 7.73. The number of fused-ring (bicyclic) bond motifs is 1. The van der Waals surface area contributed by atoms with Gasteiger partial charge in [0.05, 0.1) is 17.8 Å². The lowest BCUT2D eigenvalue weighted by molar-refractivity contribution is -0.133. The van der Waals surface area contributed by atoms with Gasteiger partial charge in [0.15, 0.2) is 0 Å². The fraction of sp³-hybridized carbons (Fsp3) is 0.476. The monoisotopic (exact) mass is 381 g/mol. The summed E-state index contributed by atoms with van der Waals surface area (Å²) in [5, 5.41) is 7.13. The van der Waals surface area contributed by atoms with Crippen molar-refractivity contribution in [2.45, 2.75) is 51.6 Å². The van der Waals surface area contributed by atoms with E-state index in [-0.39, 0.29) is 23.8 Å². The highest BCUT2D eigenvalue weighted by Gasteiger charge is 2.40. The lowest BCUT2D eigenvalue weighted by Gasteiger charge is -2.41. The standard InChI is InChI=1S/C21H27N5O2/c1-2-11-26-13-15(12-22-26)20(27)23-16-9-7-14(8-10-16)19-17-5-3-4-6-18(17)21(28)25-24-19/h7-10,12-13,17-19,24H,2-6,11H2,1H3,(H,23,27)(H,25,28). The summed E-state index contributed by atoms with van der Waals surface area (Å²) in [6.07, 6.45) is 8.67. The maximum Gasteiger partial charge on any atom is 0.258 e. The number of carbonyl (C=O) groups excluding carboxylic acids is 2. The Morgan fingerprint density at radius 1 is 1.25 bits per heavy atom. The van der Waals surface area contributed by atoms with Crippen LogP contribution in [0.5, 0.6) is 0 Å². The molecule has 3 N–H and O–H groups in total. The fourth-order valence-corrected chi connectivity index (χ4v) is 4.37. The van der Waals surface area contributed by atoms with Crippen LogP contribution < -0.4 is 16.2 Å². The molecule has 1 saturated heterocycles. The summed E-state index contributed by atoms with van der Waals surface area (Å²) in [7, 11) is 0. The number of benzene rings is 1. The Kier molecular flexibility index (Phi) is 5.43. The third-order valence-corrected chi connectivity index (χ3v) is 5.81. The van der Waals surface area contributed by atoms with E-state index in [4.69, 9.17) is 0 Å². The highest BCUT2D eigenvalue weighted by atomic mass is 16.2. The molecule has 2 amide bonds. The largest absolute Gasteiger partial charge is 0.322 e. The minimum Gasteiger partial charge on any atom is -0.322 e. The van der Waals surface area contributed by atoms with Gasteiger partial charge in [0, 0.05) is 24.3 Å². The normalized spacial score (nSPS) is 24.3. The SMILES string of the molecule is CCCn1cc(C(=O)Nc2ccc(C3NNC(=O)C4CCCCC43)cc2)cn1. The van der Waals surface area contributed by atoms with Crippen molar-refractivity contribution in [2.75, 3.05) is 5.32 Å². The molecule has 7 heteroatoms. The third kappa shape index (κ3) is 3.80. The van der Waals surface area contributed by atoms with Crippen molar-refractivity contribution in [3.05, 3.63) is 47.8 Å². The fourth-order valence-electron chi connectivity index (χ4n) is 4.37. The summed E-state index contributed by atoms with van der Waals surface area (Å²) in [5.41, 5.74) is 8.46. The molecule has 1 aromatic heterocycles. The Morgan fingerprint density at radius 2 is 2.04 bits per heavy atom. The molecule has 3 atom stereocenters. The number of nitrogens with one attached hydrogen (secondary N) is 3. The van der Waals surface area contributed by atoms with Crippen molar-refractivity contribution in [1.82, 2.24) is 20.6 Å². The second-order valence-electron chi connectivity index (χ2n) is 7.73. The first-order valence-electron chi connectivity index (χ1n) is 10.1. The van der Waals surface area contributed by atoms with Crippen LogP contribution in [0.15, 0.2) is 36.7 Å². The summed E-state index contributed by atoms with van der Waals surface area (Å²) in [4.78, 5) is 24.5. The number of aromatic nitrogens is 2. The Hall–Kier alpha value is -2.67. The topological polar surface area (TPSA) is 88.0 Å². The van der Waals surface area contributed by atoms with Crippen LogP contribution in [0.2, 0.25) is 0 Å². The van der Waals surface area contributed by atoms with Crippen molar-refractivity contribution in [3.63, 3.8) is 0 Å². The summed E-state index contributed by atoms with van der Waals surface area (Å²) in [6, 6.07) is 7.99. The number of carbonyl (C=O) groups is 2. The van der Waals surface area contributed by atoms with Crippen LogP contribution in [0.25, 0.3) is 0 Å². The molecule has 2 aromatic rings. The van der Waals surface area contributed by atoms with Crippen molar-refractivity contribution < 1.29 is 9.59 Å². The smallest absolute Gasteiger partial charge is 0.258 e. The summed E-state index contributed by atoms with van der Waals surface area (Å²) in [5.74, 6) is 0.380. The van der Waals surface area contributed by atoms with Gasteiger partial charge in [-0.15, -0.1) is 0 Å². The molecule has 1 saturated carbocycles. The highest BCUT2D eigenvalue weighted by Crippen LogP contribution is 2.40. The summed E-state index contributed by atoms with van der Waals surface area (Å²) < 4.78 is 1.78. The molecule has 28 heavy (non-hydrogen) atoms. The van der Waals surface area contributed by atoms with E-state index in [0.717, 1.165) is 43.5 Å². The third-order valence-electron chi connectivity index (χ3n) is 5.81. The van der Waals surface area contributed by atoms with Gasteiger partial charge < -0.3 is 5.32 Å². The van der Waals surface area contributed by atoms with Crippen LogP contribution in [0.1, 0.15) is 61.0 Å². The molecule has 0 radical (unpaired) electrons. The van der Waals surface area contributed by atoms with E-state index >= 15 is 0 Å². The van der Waals surface area contributed by atoms with E-state index < -0.39 is 0 Å². The van der Waals surface area contributed by atoms with Crippen LogP contribution in [0.4, 0.5) is 5.69 Å². The molecule has 0 bridgehead atoms.